The number of H-pyrrole nitrogens is 1. The molecule has 0 spiro atoms. The Balaban J connectivity index is 1.53. The van der Waals surface area contributed by atoms with Gasteiger partial charge in [-0.3, -0.25) is 4.79 Å². The smallest absolute Gasteiger partial charge is 0.253 e. The van der Waals surface area contributed by atoms with Crippen LogP contribution in [0.1, 0.15) is 33.6 Å². The normalized spacial score (nSPS) is 10.8. The summed E-state index contributed by atoms with van der Waals surface area (Å²) in [6.07, 6.45) is 7.42. The van der Waals surface area contributed by atoms with Crippen LogP contribution in [0.2, 0.25) is 0 Å². The highest BCUT2D eigenvalue weighted by Crippen LogP contribution is 2.13. The minimum atomic E-state index is -0.0227. The molecule has 0 fully saturated rings. The molecule has 0 unspecified atom stereocenters. The molecule has 124 valence electrons. The summed E-state index contributed by atoms with van der Waals surface area (Å²) in [4.78, 5) is 15.0. The zero-order valence-electron chi connectivity index (χ0n) is 14.0. The molecule has 2 N–H and O–H groups in total. The Morgan fingerprint density at radius 3 is 2.71 bits per heavy atom. The van der Waals surface area contributed by atoms with E-state index in [2.05, 4.69) is 21.6 Å². The van der Waals surface area contributed by atoms with Crippen LogP contribution in [0.25, 0.3) is 5.69 Å². The first kappa shape index (κ1) is 16.1. The van der Waals surface area contributed by atoms with E-state index >= 15 is 0 Å². The molecular weight excluding hydrogens is 300 g/mol. The van der Waals surface area contributed by atoms with Gasteiger partial charge >= 0.3 is 0 Å². The van der Waals surface area contributed by atoms with Gasteiger partial charge in [0.1, 0.15) is 0 Å². The summed E-state index contributed by atoms with van der Waals surface area (Å²) in [5.74, 6) is -0.0227. The number of nitrogens with one attached hydrogen (secondary N) is 2. The largest absolute Gasteiger partial charge is 0.367 e. The molecule has 5 heteroatoms. The first-order valence-electron chi connectivity index (χ1n) is 8.17. The summed E-state index contributed by atoms with van der Waals surface area (Å²) in [6.45, 7) is 4.60. The molecule has 0 radical (unpaired) electrons. The Morgan fingerprint density at radius 1 is 1.21 bits per heavy atom. The van der Waals surface area contributed by atoms with Crippen molar-refractivity contribution in [3.63, 3.8) is 0 Å². The van der Waals surface area contributed by atoms with E-state index in [-0.39, 0.29) is 5.91 Å². The van der Waals surface area contributed by atoms with E-state index in [1.807, 2.05) is 55.1 Å². The van der Waals surface area contributed by atoms with Gasteiger partial charge in [0.15, 0.2) is 0 Å². The molecule has 3 aromatic rings. The highest BCUT2D eigenvalue weighted by atomic mass is 16.1. The Kier molecular flexibility index (Phi) is 4.79. The van der Waals surface area contributed by atoms with Crippen LogP contribution in [0, 0.1) is 13.8 Å². The second kappa shape index (κ2) is 7.17. The van der Waals surface area contributed by atoms with Crippen LogP contribution < -0.4 is 5.32 Å². The number of benzene rings is 1. The fraction of sp³-hybridized carbons (Fsp3) is 0.263. The maximum Gasteiger partial charge on any atom is 0.253 e. The molecule has 0 aliphatic carbocycles. The second-order valence-electron chi connectivity index (χ2n) is 5.93. The molecule has 0 atom stereocenters. The number of hydrogen-bond donors (Lipinski definition) is 2. The molecule has 24 heavy (non-hydrogen) atoms. The van der Waals surface area contributed by atoms with Crippen LogP contribution in [0.4, 0.5) is 0 Å². The number of aromatic amines is 1. The number of aromatic nitrogens is 3. The van der Waals surface area contributed by atoms with Crippen molar-refractivity contribution >= 4 is 5.91 Å². The second-order valence-corrected chi connectivity index (χ2v) is 5.93. The molecule has 1 amide bonds. The molecular formula is C19H22N4O. The van der Waals surface area contributed by atoms with Crippen molar-refractivity contribution in [3.8, 4) is 5.69 Å². The third-order valence-electron chi connectivity index (χ3n) is 4.13. The number of carbonyl (C=O) groups excluding carboxylic acids is 1. The number of para-hydroxylation sites is 1. The molecule has 0 saturated carbocycles. The van der Waals surface area contributed by atoms with Crippen molar-refractivity contribution in [2.24, 2.45) is 0 Å². The summed E-state index contributed by atoms with van der Waals surface area (Å²) in [7, 11) is 0. The van der Waals surface area contributed by atoms with Crippen molar-refractivity contribution in [3.05, 3.63) is 71.3 Å². The number of carbonyl (C=O) groups is 1. The van der Waals surface area contributed by atoms with Gasteiger partial charge in [-0.05, 0) is 49.9 Å². The Labute approximate surface area is 141 Å². The Hall–Kier alpha value is -2.82. The minimum absolute atomic E-state index is 0.0227. The van der Waals surface area contributed by atoms with E-state index in [1.165, 1.54) is 5.56 Å². The summed E-state index contributed by atoms with van der Waals surface area (Å²) >= 11 is 0. The summed E-state index contributed by atoms with van der Waals surface area (Å²) < 4.78 is 1.91. The van der Waals surface area contributed by atoms with Crippen molar-refractivity contribution in [2.45, 2.75) is 26.7 Å². The molecule has 2 aromatic heterocycles. The molecule has 5 nitrogen and oxygen atoms in total. The topological polar surface area (TPSA) is 62.7 Å². The van der Waals surface area contributed by atoms with E-state index in [9.17, 15) is 4.79 Å². The lowest BCUT2D eigenvalue weighted by Gasteiger charge is -2.04. The molecule has 0 aliphatic heterocycles. The van der Waals surface area contributed by atoms with Crippen LogP contribution in [-0.2, 0) is 6.42 Å². The van der Waals surface area contributed by atoms with Gasteiger partial charge in [-0.25, -0.2) is 4.68 Å². The molecule has 2 heterocycles. The SMILES string of the molecule is Cc1c[nH]cc1C(=O)NCCCc1cn(-c2ccccc2)nc1C. The van der Waals surface area contributed by atoms with Gasteiger partial charge in [0.25, 0.3) is 5.91 Å². The fourth-order valence-electron chi connectivity index (χ4n) is 2.72. The monoisotopic (exact) mass is 322 g/mol. The van der Waals surface area contributed by atoms with Gasteiger partial charge in [-0.15, -0.1) is 0 Å². The quantitative estimate of drug-likeness (QED) is 0.685. The highest BCUT2D eigenvalue weighted by molar-refractivity contribution is 5.95. The summed E-state index contributed by atoms with van der Waals surface area (Å²) in [5.41, 5.74) is 4.98. The number of rotatable bonds is 6. The van der Waals surface area contributed by atoms with Crippen molar-refractivity contribution < 1.29 is 4.79 Å². The van der Waals surface area contributed by atoms with Crippen LogP contribution in [-0.4, -0.2) is 27.2 Å². The van der Waals surface area contributed by atoms with Crippen LogP contribution >= 0.6 is 0 Å². The van der Waals surface area contributed by atoms with Gasteiger partial charge < -0.3 is 10.3 Å². The first-order valence-corrected chi connectivity index (χ1v) is 8.17. The predicted molar refractivity (Wildman–Crippen MR) is 94.5 cm³/mol. The average molecular weight is 322 g/mol. The standard InChI is InChI=1S/C19H22N4O/c1-14-11-20-12-18(14)19(24)21-10-6-7-16-13-23(22-15(16)2)17-8-4-3-5-9-17/h3-5,8-9,11-13,20H,6-7,10H2,1-2H3,(H,21,24). The average Bonchev–Trinajstić information content (AvgIpc) is 3.18. The zero-order chi connectivity index (χ0) is 16.9. The molecule has 0 bridgehead atoms. The Morgan fingerprint density at radius 2 is 2.00 bits per heavy atom. The van der Waals surface area contributed by atoms with Crippen LogP contribution in [0.5, 0.6) is 0 Å². The van der Waals surface area contributed by atoms with Crippen molar-refractivity contribution in [2.75, 3.05) is 6.54 Å². The van der Waals surface area contributed by atoms with Crippen molar-refractivity contribution in [1.29, 1.82) is 0 Å². The van der Waals surface area contributed by atoms with Gasteiger partial charge in [0.05, 0.1) is 16.9 Å². The van der Waals surface area contributed by atoms with Gasteiger partial charge in [-0.2, -0.15) is 5.10 Å². The van der Waals surface area contributed by atoms with Crippen LogP contribution in [0.15, 0.2) is 48.9 Å². The van der Waals surface area contributed by atoms with E-state index < -0.39 is 0 Å². The molecule has 0 saturated heterocycles. The Bertz CT molecular complexity index is 817. The lowest BCUT2D eigenvalue weighted by atomic mass is 10.1. The zero-order valence-corrected chi connectivity index (χ0v) is 14.0. The van der Waals surface area contributed by atoms with E-state index in [0.717, 1.165) is 29.8 Å². The lowest BCUT2D eigenvalue weighted by Crippen LogP contribution is -2.24. The number of hydrogen-bond acceptors (Lipinski definition) is 2. The number of aryl methyl sites for hydroxylation is 3. The van der Waals surface area contributed by atoms with Gasteiger partial charge in [-0.1, -0.05) is 18.2 Å². The summed E-state index contributed by atoms with van der Waals surface area (Å²) in [6, 6.07) is 10.1. The molecule has 1 aromatic carbocycles. The van der Waals surface area contributed by atoms with E-state index in [0.29, 0.717) is 12.1 Å². The molecule has 0 aliphatic rings. The van der Waals surface area contributed by atoms with Crippen LogP contribution in [0.3, 0.4) is 0 Å². The third-order valence-corrected chi connectivity index (χ3v) is 4.13. The van der Waals surface area contributed by atoms with Crippen molar-refractivity contribution in [1.82, 2.24) is 20.1 Å². The van der Waals surface area contributed by atoms with E-state index in [4.69, 9.17) is 0 Å². The third kappa shape index (κ3) is 3.56. The van der Waals surface area contributed by atoms with Gasteiger partial charge in [0, 0.05) is 25.1 Å². The first-order chi connectivity index (χ1) is 11.6. The maximum atomic E-state index is 12.0. The summed E-state index contributed by atoms with van der Waals surface area (Å²) in [5, 5.41) is 7.54. The van der Waals surface area contributed by atoms with E-state index in [1.54, 1.807) is 6.20 Å². The predicted octanol–water partition coefficient (Wildman–Crippen LogP) is 3.18. The van der Waals surface area contributed by atoms with Gasteiger partial charge in [0.2, 0.25) is 0 Å². The fourth-order valence-corrected chi connectivity index (χ4v) is 2.72. The minimum Gasteiger partial charge on any atom is -0.367 e. The number of amides is 1. The highest BCUT2D eigenvalue weighted by Gasteiger charge is 2.09. The maximum absolute atomic E-state index is 12.0. The lowest BCUT2D eigenvalue weighted by molar-refractivity contribution is 0.0953. The molecule has 3 rings (SSSR count). The number of nitrogens with zero attached hydrogens (tertiary/aromatic N) is 2.